The van der Waals surface area contributed by atoms with Crippen molar-refractivity contribution in [1.29, 1.82) is 0 Å². The first-order chi connectivity index (χ1) is 8.35. The molecule has 1 aliphatic rings. The van der Waals surface area contributed by atoms with E-state index in [2.05, 4.69) is 4.98 Å². The maximum atomic E-state index is 12.0. The third-order valence-electron chi connectivity index (χ3n) is 2.59. The molecule has 1 aromatic rings. The average molecular weight is 263 g/mol. The Bertz CT molecular complexity index is 480. The average Bonchev–Trinajstić information content (AvgIpc) is 2.19. The van der Waals surface area contributed by atoms with E-state index < -0.39 is 24.4 Å². The predicted molar refractivity (Wildman–Crippen MR) is 56.4 cm³/mol. The summed E-state index contributed by atoms with van der Waals surface area (Å²) in [6.07, 6.45) is -1.73. The monoisotopic (exact) mass is 263 g/mol. The molecule has 5 nitrogen and oxygen atoms in total. The van der Waals surface area contributed by atoms with Crippen molar-refractivity contribution in [3.05, 3.63) is 22.7 Å². The van der Waals surface area contributed by atoms with Gasteiger partial charge in [0.05, 0.1) is 6.54 Å². The van der Waals surface area contributed by atoms with E-state index in [0.29, 0.717) is 0 Å². The maximum absolute atomic E-state index is 12.0. The minimum Gasteiger partial charge on any atom is -0.468 e. The lowest BCUT2D eigenvalue weighted by atomic mass is 10.1. The largest absolute Gasteiger partial charge is 0.468 e. The quantitative estimate of drug-likeness (QED) is 0.792. The first-order valence-electron chi connectivity index (χ1n) is 5.32. The van der Waals surface area contributed by atoms with Crippen LogP contribution in [-0.2, 0) is 7.05 Å². The lowest BCUT2D eigenvalue weighted by molar-refractivity contribution is -0.162. The smallest absolute Gasteiger partial charge is 0.401 e. The highest BCUT2D eigenvalue weighted by atomic mass is 19.4. The van der Waals surface area contributed by atoms with Gasteiger partial charge in [-0.1, -0.05) is 0 Å². The van der Waals surface area contributed by atoms with Crippen molar-refractivity contribution >= 4 is 0 Å². The van der Waals surface area contributed by atoms with E-state index in [1.807, 2.05) is 0 Å². The molecule has 0 bridgehead atoms. The molecule has 0 unspecified atom stereocenters. The van der Waals surface area contributed by atoms with Crippen LogP contribution in [0.5, 0.6) is 5.88 Å². The van der Waals surface area contributed by atoms with E-state index in [-0.39, 0.29) is 19.0 Å². The van der Waals surface area contributed by atoms with Gasteiger partial charge in [-0.2, -0.15) is 13.2 Å². The normalized spacial score (nSPS) is 17.6. The Morgan fingerprint density at radius 1 is 1.50 bits per heavy atom. The number of aromatic nitrogens is 2. The summed E-state index contributed by atoms with van der Waals surface area (Å²) in [6.45, 7) is -0.647. The number of nitrogens with zero attached hydrogens (tertiary/aromatic N) is 3. The number of alkyl halides is 3. The highest BCUT2D eigenvalue weighted by molar-refractivity contribution is 5.05. The molecule has 0 N–H and O–H groups in total. The number of likely N-dealkylation sites (tertiary alicyclic amines) is 1. The molecule has 0 atom stereocenters. The highest BCUT2D eigenvalue weighted by Gasteiger charge is 2.38. The van der Waals surface area contributed by atoms with E-state index >= 15 is 0 Å². The Morgan fingerprint density at radius 2 is 2.17 bits per heavy atom. The van der Waals surface area contributed by atoms with Crippen LogP contribution in [0.3, 0.4) is 0 Å². The number of halogens is 3. The van der Waals surface area contributed by atoms with E-state index in [1.165, 1.54) is 21.9 Å². The van der Waals surface area contributed by atoms with Gasteiger partial charge in [0.2, 0.25) is 0 Å². The van der Waals surface area contributed by atoms with Gasteiger partial charge >= 0.3 is 11.7 Å². The molecule has 2 heterocycles. The topological polar surface area (TPSA) is 47.4 Å². The standard InChI is InChI=1S/C10H12F3N3O2/c1-15-3-2-14-8(9(15)17)18-7-4-16(5-7)6-10(11,12)13/h2-3,7H,4-6H2,1H3. The maximum Gasteiger partial charge on any atom is 0.401 e. The van der Waals surface area contributed by atoms with Crippen LogP contribution < -0.4 is 10.3 Å². The van der Waals surface area contributed by atoms with Crippen LogP contribution in [-0.4, -0.2) is 46.4 Å². The molecule has 8 heteroatoms. The molecule has 1 aliphatic heterocycles. The van der Waals surface area contributed by atoms with Crippen LogP contribution in [0.15, 0.2) is 17.2 Å². The van der Waals surface area contributed by atoms with Gasteiger partial charge in [-0.05, 0) is 0 Å². The lowest BCUT2D eigenvalue weighted by Gasteiger charge is -2.38. The van der Waals surface area contributed by atoms with Crippen molar-refractivity contribution in [3.8, 4) is 5.88 Å². The first kappa shape index (κ1) is 12.9. The molecular formula is C10H12F3N3O2. The summed E-state index contributed by atoms with van der Waals surface area (Å²) in [5.41, 5.74) is -0.397. The first-order valence-corrected chi connectivity index (χ1v) is 5.32. The molecule has 18 heavy (non-hydrogen) atoms. The third-order valence-corrected chi connectivity index (χ3v) is 2.59. The number of ether oxygens (including phenoxy) is 1. The Balaban J connectivity index is 1.87. The number of aryl methyl sites for hydroxylation is 1. The Kier molecular flexibility index (Phi) is 3.29. The lowest BCUT2D eigenvalue weighted by Crippen LogP contribution is -2.56. The van der Waals surface area contributed by atoms with Crippen molar-refractivity contribution < 1.29 is 17.9 Å². The fraction of sp³-hybridized carbons (Fsp3) is 0.600. The fourth-order valence-corrected chi connectivity index (χ4v) is 1.69. The van der Waals surface area contributed by atoms with Crippen LogP contribution in [0, 0.1) is 0 Å². The van der Waals surface area contributed by atoms with Gasteiger partial charge < -0.3 is 9.30 Å². The SMILES string of the molecule is Cn1ccnc(OC2CN(CC(F)(F)F)C2)c1=O. The fourth-order valence-electron chi connectivity index (χ4n) is 1.69. The van der Waals surface area contributed by atoms with Crippen LogP contribution in [0.2, 0.25) is 0 Å². The minimum absolute atomic E-state index is 0.0725. The van der Waals surface area contributed by atoms with Gasteiger partial charge in [-0.15, -0.1) is 0 Å². The molecule has 100 valence electrons. The second-order valence-electron chi connectivity index (χ2n) is 4.20. The molecule has 1 fully saturated rings. The molecule has 0 saturated carbocycles. The van der Waals surface area contributed by atoms with E-state index in [1.54, 1.807) is 7.05 Å². The summed E-state index contributed by atoms with van der Waals surface area (Å²) in [5.74, 6) is -0.0725. The number of hydrogen-bond acceptors (Lipinski definition) is 4. The Labute approximate surface area is 101 Å². The van der Waals surface area contributed by atoms with Crippen molar-refractivity contribution in [3.63, 3.8) is 0 Å². The summed E-state index contributed by atoms with van der Waals surface area (Å²) < 4.78 is 42.7. The Morgan fingerprint density at radius 3 is 2.78 bits per heavy atom. The number of hydrogen-bond donors (Lipinski definition) is 0. The molecule has 0 aromatic carbocycles. The molecule has 0 aliphatic carbocycles. The molecule has 1 saturated heterocycles. The molecule has 0 spiro atoms. The minimum atomic E-state index is -4.20. The summed E-state index contributed by atoms with van der Waals surface area (Å²) in [6, 6.07) is 0. The summed E-state index contributed by atoms with van der Waals surface area (Å²) in [4.78, 5) is 16.5. The zero-order valence-corrected chi connectivity index (χ0v) is 9.65. The molecular weight excluding hydrogens is 251 g/mol. The van der Waals surface area contributed by atoms with Crippen LogP contribution >= 0.6 is 0 Å². The second kappa shape index (κ2) is 4.60. The Hall–Kier alpha value is -1.57. The molecule has 1 aromatic heterocycles. The van der Waals surface area contributed by atoms with Crippen molar-refractivity contribution in [1.82, 2.24) is 14.5 Å². The highest BCUT2D eigenvalue weighted by Crippen LogP contribution is 2.21. The number of rotatable bonds is 3. The molecule has 0 amide bonds. The van der Waals surface area contributed by atoms with Crippen LogP contribution in [0.25, 0.3) is 0 Å². The van der Waals surface area contributed by atoms with Crippen LogP contribution in [0.4, 0.5) is 13.2 Å². The van der Waals surface area contributed by atoms with E-state index in [4.69, 9.17) is 4.74 Å². The van der Waals surface area contributed by atoms with Crippen molar-refractivity contribution in [2.24, 2.45) is 7.05 Å². The summed E-state index contributed by atoms with van der Waals surface area (Å²) in [7, 11) is 1.55. The van der Waals surface area contributed by atoms with Crippen molar-refractivity contribution in [2.75, 3.05) is 19.6 Å². The van der Waals surface area contributed by atoms with Gasteiger partial charge in [0.15, 0.2) is 0 Å². The van der Waals surface area contributed by atoms with E-state index in [9.17, 15) is 18.0 Å². The summed E-state index contributed by atoms with van der Waals surface area (Å²) in [5, 5.41) is 0. The summed E-state index contributed by atoms with van der Waals surface area (Å²) >= 11 is 0. The van der Waals surface area contributed by atoms with Crippen LogP contribution in [0.1, 0.15) is 0 Å². The molecule has 0 radical (unpaired) electrons. The predicted octanol–water partition coefficient (Wildman–Crippen LogP) is 0.406. The zero-order chi connectivity index (χ0) is 13.3. The van der Waals surface area contributed by atoms with Gasteiger partial charge in [0.25, 0.3) is 5.88 Å². The zero-order valence-electron chi connectivity index (χ0n) is 9.65. The van der Waals surface area contributed by atoms with Gasteiger partial charge in [0, 0.05) is 32.5 Å². The second-order valence-corrected chi connectivity index (χ2v) is 4.20. The van der Waals surface area contributed by atoms with Crippen molar-refractivity contribution in [2.45, 2.75) is 12.3 Å². The van der Waals surface area contributed by atoms with Gasteiger partial charge in [0.1, 0.15) is 6.10 Å². The third kappa shape index (κ3) is 3.00. The molecule has 2 rings (SSSR count). The van der Waals surface area contributed by atoms with Gasteiger partial charge in [-0.3, -0.25) is 9.69 Å². The van der Waals surface area contributed by atoms with E-state index in [0.717, 1.165) is 0 Å². The van der Waals surface area contributed by atoms with Gasteiger partial charge in [-0.25, -0.2) is 4.98 Å².